The first kappa shape index (κ1) is 40.0. The van der Waals surface area contributed by atoms with Crippen LogP contribution in [0.1, 0.15) is 88.8 Å². The molecule has 2 saturated heterocycles. The number of hydrogen-bond donors (Lipinski definition) is 4. The summed E-state index contributed by atoms with van der Waals surface area (Å²) in [6.45, 7) is 4.59. The van der Waals surface area contributed by atoms with Crippen LogP contribution in [0.2, 0.25) is 0 Å². The second-order valence-electron chi connectivity index (χ2n) is 18.8. The number of nitrogens with zero attached hydrogens (tertiary/aromatic N) is 3. The molecule has 2 bridgehead atoms. The van der Waals surface area contributed by atoms with Crippen molar-refractivity contribution in [2.45, 2.75) is 95.4 Å². The summed E-state index contributed by atoms with van der Waals surface area (Å²) < 4.78 is 9.70. The number of piperidine rings is 1. The molecule has 4 heterocycles. The third-order valence-corrected chi connectivity index (χ3v) is 14.4. The van der Waals surface area contributed by atoms with Crippen LogP contribution in [0.15, 0.2) is 79.0 Å². The number of ether oxygens (including phenoxy) is 2. The zero-order valence-electron chi connectivity index (χ0n) is 35.8. The molecule has 3 aliphatic carbocycles. The van der Waals surface area contributed by atoms with Gasteiger partial charge < -0.3 is 39.9 Å². The van der Waals surface area contributed by atoms with Gasteiger partial charge >= 0.3 is 12.2 Å². The monoisotopic (exact) mass is 837 g/mol. The molecule has 5 fully saturated rings. The van der Waals surface area contributed by atoms with E-state index in [2.05, 4.69) is 93.4 Å². The number of nitrogens with one attached hydrogen (secondary N) is 4. The number of carbonyl (C=O) groups excluding carboxylic acids is 4. The van der Waals surface area contributed by atoms with E-state index in [-0.39, 0.29) is 47.2 Å². The van der Waals surface area contributed by atoms with Gasteiger partial charge in [-0.15, -0.1) is 0 Å². The van der Waals surface area contributed by atoms with Gasteiger partial charge in [0.05, 0.1) is 38.2 Å². The SMILES string of the molecule is COC(=O)NC(C(=O)N1CC2(CC2)CC1c1ccc(-c2ccc(-c3ccc4cc(-c5cnc(C6C7CCC(C7)N6C(=O)C(NC(=O)OC)C6CC6)[nH]5)ccc4c3)cc2)[nH]1)C(C)C. The lowest BCUT2D eigenvalue weighted by atomic mass is 9.96. The van der Waals surface area contributed by atoms with Crippen LogP contribution in [0.4, 0.5) is 9.59 Å². The Morgan fingerprint density at radius 1 is 0.758 bits per heavy atom. The van der Waals surface area contributed by atoms with Crippen molar-refractivity contribution < 1.29 is 28.7 Å². The number of fused-ring (bicyclic) bond motifs is 3. The van der Waals surface area contributed by atoms with Gasteiger partial charge in [-0.1, -0.05) is 62.4 Å². The second-order valence-corrected chi connectivity index (χ2v) is 18.8. The van der Waals surface area contributed by atoms with Gasteiger partial charge in [-0.05, 0) is 126 Å². The molecule has 1 spiro atoms. The lowest BCUT2D eigenvalue weighted by Gasteiger charge is -2.36. The lowest BCUT2D eigenvalue weighted by Crippen LogP contribution is -2.52. The molecule has 5 aromatic rings. The minimum Gasteiger partial charge on any atom is -0.453 e. The smallest absolute Gasteiger partial charge is 0.407 e. The molecule has 0 radical (unpaired) electrons. The van der Waals surface area contributed by atoms with E-state index in [0.29, 0.717) is 12.5 Å². The molecule has 4 N–H and O–H groups in total. The van der Waals surface area contributed by atoms with Crippen molar-refractivity contribution in [3.05, 3.63) is 90.5 Å². The highest BCUT2D eigenvalue weighted by atomic mass is 16.5. The molecular formula is C49H55N7O6. The number of hydrogen-bond acceptors (Lipinski definition) is 7. The second kappa shape index (κ2) is 15.7. The van der Waals surface area contributed by atoms with Gasteiger partial charge in [0.1, 0.15) is 17.9 Å². The minimum atomic E-state index is -0.657. The molecule has 6 unspecified atom stereocenters. The summed E-state index contributed by atoms with van der Waals surface area (Å²) in [5.74, 6) is 1.11. The molecule has 3 aromatic carbocycles. The van der Waals surface area contributed by atoms with Gasteiger partial charge in [0.15, 0.2) is 0 Å². The Morgan fingerprint density at radius 2 is 1.44 bits per heavy atom. The van der Waals surface area contributed by atoms with E-state index in [1.807, 2.05) is 29.8 Å². The average molecular weight is 838 g/mol. The van der Waals surface area contributed by atoms with Crippen molar-refractivity contribution in [1.29, 1.82) is 0 Å². The average Bonchev–Trinajstić information content (AvgIpc) is 3.84. The largest absolute Gasteiger partial charge is 0.453 e. The Morgan fingerprint density at radius 3 is 2.13 bits per heavy atom. The summed E-state index contributed by atoms with van der Waals surface area (Å²) in [4.78, 5) is 68.3. The Labute approximate surface area is 361 Å². The number of aromatic nitrogens is 3. The third kappa shape index (κ3) is 7.38. The number of benzene rings is 3. The molecule has 2 aliphatic heterocycles. The van der Waals surface area contributed by atoms with Gasteiger partial charge in [0, 0.05) is 29.5 Å². The fourth-order valence-electron chi connectivity index (χ4n) is 10.6. The maximum atomic E-state index is 14.0. The van der Waals surface area contributed by atoms with E-state index in [4.69, 9.17) is 14.5 Å². The number of methoxy groups -OCH3 is 2. The van der Waals surface area contributed by atoms with Crippen LogP contribution in [0, 0.1) is 23.2 Å². The number of alkyl carbamates (subject to hydrolysis) is 2. The van der Waals surface area contributed by atoms with Crippen molar-refractivity contribution in [1.82, 2.24) is 35.4 Å². The normalized spacial score (nSPS) is 23.2. The van der Waals surface area contributed by atoms with Crippen molar-refractivity contribution in [2.24, 2.45) is 23.2 Å². The molecular weight excluding hydrogens is 783 g/mol. The molecule has 3 saturated carbocycles. The molecule has 322 valence electrons. The Kier molecular flexibility index (Phi) is 10.1. The standard InChI is InChI=1S/C49H55N7O6/c1-27(2)41(53-47(59)61-3)45(57)55-26-49(19-20-49)24-40(55)38-18-17-37(51-38)29-7-5-28(6-8-29)31-11-12-33-22-34(14-13-32(33)21-31)39-25-50-44(52-39)43-35-15-16-36(23-35)56(43)46(58)42(30-9-10-30)54-48(60)62-4/h5-8,11-14,17-18,21-22,25,27,30,35-36,40-43,51H,9-10,15-16,19-20,23-24,26H2,1-4H3,(H,50,52)(H,53,59)(H,54,60). The molecule has 2 aromatic heterocycles. The number of likely N-dealkylation sites (tertiary alicyclic amines) is 2. The fraction of sp³-hybridized carbons (Fsp3) is 0.449. The molecule has 13 nitrogen and oxygen atoms in total. The molecule has 4 amide bonds. The van der Waals surface area contributed by atoms with Crippen LogP contribution in [-0.2, 0) is 19.1 Å². The molecule has 10 rings (SSSR count). The lowest BCUT2D eigenvalue weighted by molar-refractivity contribution is -0.138. The summed E-state index contributed by atoms with van der Waals surface area (Å²) >= 11 is 0. The van der Waals surface area contributed by atoms with Crippen LogP contribution in [0.25, 0.3) is 44.4 Å². The highest BCUT2D eigenvalue weighted by Gasteiger charge is 2.55. The Hall–Kier alpha value is -6.11. The topological polar surface area (TPSA) is 162 Å². The summed E-state index contributed by atoms with van der Waals surface area (Å²) in [6, 6.07) is 24.4. The van der Waals surface area contributed by atoms with Gasteiger partial charge in [0.2, 0.25) is 11.8 Å². The van der Waals surface area contributed by atoms with E-state index in [1.54, 1.807) is 0 Å². The predicted molar refractivity (Wildman–Crippen MR) is 234 cm³/mol. The van der Waals surface area contributed by atoms with Crippen LogP contribution in [-0.4, -0.2) is 87.6 Å². The molecule has 62 heavy (non-hydrogen) atoms. The molecule has 6 atom stereocenters. The fourth-order valence-corrected chi connectivity index (χ4v) is 10.6. The van der Waals surface area contributed by atoms with E-state index in [1.165, 1.54) is 14.2 Å². The zero-order valence-corrected chi connectivity index (χ0v) is 35.8. The number of aromatic amines is 2. The Bertz CT molecular complexity index is 2540. The summed E-state index contributed by atoms with van der Waals surface area (Å²) in [5, 5.41) is 7.85. The van der Waals surface area contributed by atoms with E-state index >= 15 is 0 Å². The van der Waals surface area contributed by atoms with Crippen molar-refractivity contribution >= 4 is 34.8 Å². The van der Waals surface area contributed by atoms with E-state index < -0.39 is 24.3 Å². The predicted octanol–water partition coefficient (Wildman–Crippen LogP) is 8.51. The number of carbonyl (C=O) groups is 4. The first-order valence-electron chi connectivity index (χ1n) is 22.2. The van der Waals surface area contributed by atoms with Crippen LogP contribution < -0.4 is 10.6 Å². The highest BCUT2D eigenvalue weighted by Crippen LogP contribution is 2.59. The summed E-state index contributed by atoms with van der Waals surface area (Å²) in [7, 11) is 2.65. The quantitative estimate of drug-likeness (QED) is 0.104. The van der Waals surface area contributed by atoms with Crippen LogP contribution in [0.5, 0.6) is 0 Å². The third-order valence-electron chi connectivity index (χ3n) is 14.4. The zero-order chi connectivity index (χ0) is 42.9. The van der Waals surface area contributed by atoms with Crippen molar-refractivity contribution in [2.75, 3.05) is 20.8 Å². The maximum absolute atomic E-state index is 14.0. The molecule has 13 heteroatoms. The Balaban J connectivity index is 0.832. The summed E-state index contributed by atoms with van der Waals surface area (Å²) in [6.07, 6.45) is 8.70. The number of rotatable bonds is 11. The van der Waals surface area contributed by atoms with Gasteiger partial charge in [0.25, 0.3) is 0 Å². The van der Waals surface area contributed by atoms with E-state index in [9.17, 15) is 19.2 Å². The molecule has 5 aliphatic rings. The van der Waals surface area contributed by atoms with Crippen molar-refractivity contribution in [3.8, 4) is 33.6 Å². The highest BCUT2D eigenvalue weighted by molar-refractivity contribution is 5.91. The minimum absolute atomic E-state index is 0.0253. The first-order chi connectivity index (χ1) is 30.0. The number of amides is 4. The van der Waals surface area contributed by atoms with Crippen LogP contribution >= 0.6 is 0 Å². The van der Waals surface area contributed by atoms with Crippen molar-refractivity contribution in [3.63, 3.8) is 0 Å². The maximum Gasteiger partial charge on any atom is 0.407 e. The van der Waals surface area contributed by atoms with E-state index in [0.717, 1.165) is 107 Å². The van der Waals surface area contributed by atoms with Gasteiger partial charge in [-0.25, -0.2) is 14.6 Å². The van der Waals surface area contributed by atoms with Crippen LogP contribution in [0.3, 0.4) is 0 Å². The summed E-state index contributed by atoms with van der Waals surface area (Å²) in [5.41, 5.74) is 7.40. The number of H-pyrrole nitrogens is 2. The first-order valence-corrected chi connectivity index (χ1v) is 22.2. The van der Waals surface area contributed by atoms with Gasteiger partial charge in [-0.2, -0.15) is 0 Å². The number of imidazole rings is 1. The van der Waals surface area contributed by atoms with Gasteiger partial charge in [-0.3, -0.25) is 9.59 Å².